The molecule has 1 aromatic heterocycles. The molecule has 0 unspecified atom stereocenters. The highest BCUT2D eigenvalue weighted by Gasteiger charge is 2.27. The van der Waals surface area contributed by atoms with E-state index >= 15 is 0 Å². The number of hydrogen-bond acceptors (Lipinski definition) is 6. The van der Waals surface area contributed by atoms with Gasteiger partial charge in [0.2, 0.25) is 5.82 Å². The van der Waals surface area contributed by atoms with Crippen molar-refractivity contribution in [1.29, 1.82) is 0 Å². The van der Waals surface area contributed by atoms with Crippen LogP contribution in [0.5, 0.6) is 5.88 Å². The van der Waals surface area contributed by atoms with Gasteiger partial charge in [0.15, 0.2) is 0 Å². The Morgan fingerprint density at radius 3 is 2.44 bits per heavy atom. The lowest BCUT2D eigenvalue weighted by molar-refractivity contribution is -0.385. The van der Waals surface area contributed by atoms with Crippen LogP contribution < -0.4 is 10.1 Å². The molecule has 1 aliphatic carbocycles. The molecule has 0 bridgehead atoms. The third kappa shape index (κ3) is 4.49. The van der Waals surface area contributed by atoms with Gasteiger partial charge in [0.25, 0.3) is 5.88 Å². The topological polar surface area (TPSA) is 90.2 Å². The quantitative estimate of drug-likeness (QED) is 0.568. The SMILES string of the molecule is O=[N+]([O-])c1c(Nc2cc(Cl)cc(Cl)c2)ncnc1OC1CCCCC1. The zero-order valence-corrected chi connectivity index (χ0v) is 14.8. The molecule has 0 atom stereocenters. The summed E-state index contributed by atoms with van der Waals surface area (Å²) in [5.41, 5.74) is 0.187. The van der Waals surface area contributed by atoms with Gasteiger partial charge in [-0.25, -0.2) is 4.98 Å². The van der Waals surface area contributed by atoms with Gasteiger partial charge in [0.05, 0.1) is 4.92 Å². The van der Waals surface area contributed by atoms with E-state index in [1.54, 1.807) is 18.2 Å². The summed E-state index contributed by atoms with van der Waals surface area (Å²) < 4.78 is 5.79. The maximum absolute atomic E-state index is 11.6. The number of nitrogens with zero attached hydrogens (tertiary/aromatic N) is 3. The largest absolute Gasteiger partial charge is 0.469 e. The second-order valence-electron chi connectivity index (χ2n) is 5.79. The molecule has 132 valence electrons. The van der Waals surface area contributed by atoms with Crippen molar-refractivity contribution in [2.45, 2.75) is 38.2 Å². The molecule has 7 nitrogen and oxygen atoms in total. The fraction of sp³-hybridized carbons (Fsp3) is 0.375. The van der Waals surface area contributed by atoms with Gasteiger partial charge in [-0.15, -0.1) is 0 Å². The Morgan fingerprint density at radius 1 is 1.12 bits per heavy atom. The van der Waals surface area contributed by atoms with Gasteiger partial charge in [0, 0.05) is 15.7 Å². The maximum Gasteiger partial charge on any atom is 0.373 e. The molecule has 1 heterocycles. The Hall–Kier alpha value is -2.12. The van der Waals surface area contributed by atoms with Gasteiger partial charge in [-0.1, -0.05) is 29.6 Å². The third-order valence-corrected chi connectivity index (χ3v) is 4.36. The summed E-state index contributed by atoms with van der Waals surface area (Å²) in [5, 5.41) is 15.2. The second-order valence-corrected chi connectivity index (χ2v) is 6.67. The molecule has 0 spiro atoms. The van der Waals surface area contributed by atoms with Crippen LogP contribution in [0.4, 0.5) is 17.2 Å². The van der Waals surface area contributed by atoms with E-state index < -0.39 is 4.92 Å². The fourth-order valence-electron chi connectivity index (χ4n) is 2.81. The van der Waals surface area contributed by atoms with Crippen LogP contribution in [0.2, 0.25) is 10.0 Å². The van der Waals surface area contributed by atoms with Gasteiger partial charge >= 0.3 is 5.69 Å². The van der Waals surface area contributed by atoms with E-state index in [4.69, 9.17) is 27.9 Å². The van der Waals surface area contributed by atoms with Crippen molar-refractivity contribution in [3.63, 3.8) is 0 Å². The number of benzene rings is 1. The Balaban J connectivity index is 1.90. The van der Waals surface area contributed by atoms with Crippen LogP contribution in [-0.4, -0.2) is 21.0 Å². The molecule has 1 aliphatic rings. The molecule has 0 radical (unpaired) electrons. The first kappa shape index (κ1) is 17.7. The van der Waals surface area contributed by atoms with E-state index in [0.29, 0.717) is 15.7 Å². The highest BCUT2D eigenvalue weighted by atomic mass is 35.5. The number of anilines is 2. The molecule has 1 N–H and O–H groups in total. The van der Waals surface area contributed by atoms with Crippen LogP contribution in [0.25, 0.3) is 0 Å². The fourth-order valence-corrected chi connectivity index (χ4v) is 3.33. The number of nitro groups is 1. The first-order valence-corrected chi connectivity index (χ1v) is 8.67. The van der Waals surface area contributed by atoms with Crippen molar-refractivity contribution in [3.05, 3.63) is 44.7 Å². The van der Waals surface area contributed by atoms with E-state index in [1.807, 2.05) is 0 Å². The maximum atomic E-state index is 11.6. The Morgan fingerprint density at radius 2 is 1.80 bits per heavy atom. The molecular weight excluding hydrogens is 367 g/mol. The lowest BCUT2D eigenvalue weighted by atomic mass is 9.98. The normalized spacial score (nSPS) is 15.0. The molecule has 2 aromatic rings. The number of rotatable bonds is 5. The van der Waals surface area contributed by atoms with Crippen molar-refractivity contribution in [1.82, 2.24) is 9.97 Å². The van der Waals surface area contributed by atoms with Gasteiger partial charge in [-0.05, 0) is 43.9 Å². The number of ether oxygens (including phenoxy) is 1. The summed E-state index contributed by atoms with van der Waals surface area (Å²) in [6.07, 6.45) is 6.18. The standard InChI is InChI=1S/C16H16Cl2N4O3/c17-10-6-11(18)8-12(7-10)21-15-14(22(23)24)16(20-9-19-15)25-13-4-2-1-3-5-13/h6-9,13H,1-5H2,(H,19,20,21). The van der Waals surface area contributed by atoms with Crippen LogP contribution in [0, 0.1) is 10.1 Å². The van der Waals surface area contributed by atoms with E-state index in [1.165, 1.54) is 6.33 Å². The van der Waals surface area contributed by atoms with Crippen molar-refractivity contribution in [3.8, 4) is 5.88 Å². The van der Waals surface area contributed by atoms with Crippen LogP contribution in [-0.2, 0) is 0 Å². The molecule has 1 fully saturated rings. The lowest BCUT2D eigenvalue weighted by Crippen LogP contribution is -2.21. The highest BCUT2D eigenvalue weighted by Crippen LogP contribution is 2.35. The predicted molar refractivity (Wildman–Crippen MR) is 95.9 cm³/mol. The van der Waals surface area contributed by atoms with Crippen molar-refractivity contribution < 1.29 is 9.66 Å². The molecule has 0 amide bonds. The van der Waals surface area contributed by atoms with Crippen molar-refractivity contribution in [2.24, 2.45) is 0 Å². The predicted octanol–water partition coefficient (Wildman–Crippen LogP) is 5.15. The molecule has 1 saturated carbocycles. The minimum atomic E-state index is -0.549. The molecule has 0 aliphatic heterocycles. The van der Waals surface area contributed by atoms with Crippen molar-refractivity contribution >= 4 is 40.4 Å². The Labute approximate surface area is 154 Å². The van der Waals surface area contributed by atoms with Crippen LogP contribution in [0.1, 0.15) is 32.1 Å². The summed E-state index contributed by atoms with van der Waals surface area (Å²) in [4.78, 5) is 19.0. The Kier molecular flexibility index (Phi) is 5.55. The first-order valence-electron chi connectivity index (χ1n) is 7.92. The smallest absolute Gasteiger partial charge is 0.373 e. The van der Waals surface area contributed by atoms with E-state index in [-0.39, 0.29) is 23.5 Å². The van der Waals surface area contributed by atoms with Crippen LogP contribution >= 0.6 is 23.2 Å². The summed E-state index contributed by atoms with van der Waals surface area (Å²) in [6.45, 7) is 0. The van der Waals surface area contributed by atoms with E-state index in [0.717, 1.165) is 32.1 Å². The lowest BCUT2D eigenvalue weighted by Gasteiger charge is -2.22. The van der Waals surface area contributed by atoms with Gasteiger partial charge in [-0.3, -0.25) is 10.1 Å². The second kappa shape index (κ2) is 7.84. The van der Waals surface area contributed by atoms with Gasteiger partial charge in [0.1, 0.15) is 12.4 Å². The van der Waals surface area contributed by atoms with Crippen LogP contribution in [0.15, 0.2) is 24.5 Å². The zero-order valence-electron chi connectivity index (χ0n) is 13.2. The molecule has 1 aromatic carbocycles. The number of nitrogens with one attached hydrogen (secondary N) is 1. The molecular formula is C16H16Cl2N4O3. The molecule has 3 rings (SSSR count). The summed E-state index contributed by atoms with van der Waals surface area (Å²) in [6, 6.07) is 4.77. The summed E-state index contributed by atoms with van der Waals surface area (Å²) in [7, 11) is 0. The summed E-state index contributed by atoms with van der Waals surface area (Å²) in [5.74, 6) is 0.00617. The molecule has 25 heavy (non-hydrogen) atoms. The number of halogens is 2. The number of aromatic nitrogens is 2. The van der Waals surface area contributed by atoms with Crippen LogP contribution in [0.3, 0.4) is 0 Å². The Bertz CT molecular complexity index is 762. The van der Waals surface area contributed by atoms with Gasteiger partial charge < -0.3 is 10.1 Å². The van der Waals surface area contributed by atoms with Gasteiger partial charge in [-0.2, -0.15) is 4.98 Å². The average molecular weight is 383 g/mol. The highest BCUT2D eigenvalue weighted by molar-refractivity contribution is 6.35. The molecule has 0 saturated heterocycles. The minimum absolute atomic E-state index is 0.0254. The van der Waals surface area contributed by atoms with Crippen molar-refractivity contribution in [2.75, 3.05) is 5.32 Å². The summed E-state index contributed by atoms with van der Waals surface area (Å²) >= 11 is 11.9. The zero-order chi connectivity index (χ0) is 17.8. The number of hydrogen-bond donors (Lipinski definition) is 1. The monoisotopic (exact) mass is 382 g/mol. The average Bonchev–Trinajstić information content (AvgIpc) is 2.54. The first-order chi connectivity index (χ1) is 12.0. The molecule has 9 heteroatoms. The minimum Gasteiger partial charge on any atom is -0.469 e. The van der Waals surface area contributed by atoms with E-state index in [9.17, 15) is 10.1 Å². The third-order valence-electron chi connectivity index (χ3n) is 3.93. The van der Waals surface area contributed by atoms with E-state index in [2.05, 4.69) is 15.3 Å².